The average Bonchev–Trinajstić information content (AvgIpc) is 3.06. The zero-order valence-corrected chi connectivity index (χ0v) is 14.1. The number of methoxy groups -OCH3 is 2. The van der Waals surface area contributed by atoms with E-state index in [9.17, 15) is 0 Å². The lowest BCUT2D eigenvalue weighted by Crippen LogP contribution is -2.33. The van der Waals surface area contributed by atoms with E-state index in [4.69, 9.17) is 14.2 Å². The Balaban J connectivity index is 2.07. The van der Waals surface area contributed by atoms with Crippen molar-refractivity contribution in [2.24, 2.45) is 5.92 Å². The molecule has 1 aliphatic rings. The summed E-state index contributed by atoms with van der Waals surface area (Å²) in [5, 5.41) is 3.61. The summed E-state index contributed by atoms with van der Waals surface area (Å²) < 4.78 is 16.2. The molecule has 4 nitrogen and oxygen atoms in total. The molecule has 1 saturated heterocycles. The second-order valence-corrected chi connectivity index (χ2v) is 6.16. The summed E-state index contributed by atoms with van der Waals surface area (Å²) in [6, 6.07) is 4.56. The van der Waals surface area contributed by atoms with Gasteiger partial charge in [0.15, 0.2) is 11.5 Å². The first-order valence-corrected chi connectivity index (χ1v) is 8.52. The Morgan fingerprint density at radius 3 is 2.62 bits per heavy atom. The van der Waals surface area contributed by atoms with Gasteiger partial charge in [-0.3, -0.25) is 0 Å². The van der Waals surface area contributed by atoms with Crippen LogP contribution in [0.2, 0.25) is 0 Å². The summed E-state index contributed by atoms with van der Waals surface area (Å²) >= 11 is 1.73. The average molecular weight is 311 g/mol. The normalized spacial score (nSPS) is 19.5. The summed E-state index contributed by atoms with van der Waals surface area (Å²) in [7, 11) is 3.34. The Morgan fingerprint density at radius 1 is 1.33 bits per heavy atom. The molecule has 0 amide bonds. The Bertz CT molecular complexity index is 461. The molecule has 1 N–H and O–H groups in total. The first-order chi connectivity index (χ1) is 10.2. The fourth-order valence-corrected chi connectivity index (χ4v) is 3.23. The van der Waals surface area contributed by atoms with Crippen molar-refractivity contribution in [1.82, 2.24) is 5.32 Å². The fourth-order valence-electron chi connectivity index (χ4n) is 2.62. The highest BCUT2D eigenvalue weighted by molar-refractivity contribution is 7.98. The van der Waals surface area contributed by atoms with Crippen LogP contribution in [-0.4, -0.2) is 39.7 Å². The molecule has 0 spiro atoms. The molecule has 1 heterocycles. The molecule has 0 bridgehead atoms. The topological polar surface area (TPSA) is 39.7 Å². The van der Waals surface area contributed by atoms with Gasteiger partial charge in [-0.05, 0) is 43.2 Å². The minimum atomic E-state index is 0.454. The highest BCUT2D eigenvalue weighted by Gasteiger charge is 2.22. The molecule has 1 aliphatic heterocycles. The molecule has 0 saturated carbocycles. The maximum Gasteiger partial charge on any atom is 0.161 e. The van der Waals surface area contributed by atoms with Gasteiger partial charge in [0.05, 0.1) is 20.8 Å². The molecule has 0 radical (unpaired) electrons. The Labute approximate surface area is 131 Å². The third-order valence-corrected chi connectivity index (χ3v) is 4.89. The molecule has 5 heteroatoms. The van der Waals surface area contributed by atoms with Gasteiger partial charge in [-0.25, -0.2) is 0 Å². The number of rotatable bonds is 7. The van der Waals surface area contributed by atoms with Crippen molar-refractivity contribution >= 4 is 11.8 Å². The summed E-state index contributed by atoms with van der Waals surface area (Å²) in [4.78, 5) is 1.22. The largest absolute Gasteiger partial charge is 0.493 e. The van der Waals surface area contributed by atoms with Crippen LogP contribution in [0.3, 0.4) is 0 Å². The lowest BCUT2D eigenvalue weighted by Gasteiger charge is -2.21. The van der Waals surface area contributed by atoms with E-state index < -0.39 is 0 Å². The van der Waals surface area contributed by atoms with Crippen LogP contribution in [0, 0.1) is 5.92 Å². The SMILES string of the molecule is COc1cc(CNC(C)C2CCOC2)c(SC)cc1OC. The molecule has 2 unspecified atom stereocenters. The fraction of sp³-hybridized carbons (Fsp3) is 0.625. The van der Waals surface area contributed by atoms with Gasteiger partial charge in [0.25, 0.3) is 0 Å². The Morgan fingerprint density at radius 2 is 2.05 bits per heavy atom. The highest BCUT2D eigenvalue weighted by atomic mass is 32.2. The first kappa shape index (κ1) is 16.5. The van der Waals surface area contributed by atoms with Gasteiger partial charge in [0.1, 0.15) is 0 Å². The van der Waals surface area contributed by atoms with Crippen molar-refractivity contribution in [3.63, 3.8) is 0 Å². The van der Waals surface area contributed by atoms with E-state index in [0.29, 0.717) is 12.0 Å². The van der Waals surface area contributed by atoms with Crippen molar-refractivity contribution in [2.75, 3.05) is 33.7 Å². The third kappa shape index (κ3) is 4.05. The van der Waals surface area contributed by atoms with E-state index in [2.05, 4.69) is 24.6 Å². The number of hydrogen-bond donors (Lipinski definition) is 1. The Kier molecular flexibility index (Phi) is 6.21. The standard InChI is InChI=1S/C16H25NO3S/c1-11(12-5-6-20-10-12)17-9-13-7-14(18-2)15(19-3)8-16(13)21-4/h7-8,11-12,17H,5-6,9-10H2,1-4H3. The molecular formula is C16H25NO3S. The molecule has 118 valence electrons. The van der Waals surface area contributed by atoms with E-state index >= 15 is 0 Å². The molecule has 2 atom stereocenters. The maximum atomic E-state index is 5.46. The van der Waals surface area contributed by atoms with Crippen LogP contribution in [0.25, 0.3) is 0 Å². The van der Waals surface area contributed by atoms with E-state index in [0.717, 1.165) is 37.7 Å². The van der Waals surface area contributed by atoms with Gasteiger partial charge in [-0.1, -0.05) is 0 Å². The highest BCUT2D eigenvalue weighted by Crippen LogP contribution is 2.34. The summed E-state index contributed by atoms with van der Waals surface area (Å²) in [5.41, 5.74) is 1.24. The zero-order chi connectivity index (χ0) is 15.2. The lowest BCUT2D eigenvalue weighted by molar-refractivity contribution is 0.178. The quantitative estimate of drug-likeness (QED) is 0.784. The van der Waals surface area contributed by atoms with E-state index in [1.807, 2.05) is 6.07 Å². The molecule has 21 heavy (non-hydrogen) atoms. The van der Waals surface area contributed by atoms with Gasteiger partial charge in [-0.2, -0.15) is 0 Å². The third-order valence-electron chi connectivity index (χ3n) is 4.07. The minimum Gasteiger partial charge on any atom is -0.493 e. The van der Waals surface area contributed by atoms with Crippen molar-refractivity contribution in [3.8, 4) is 11.5 Å². The number of hydrogen-bond acceptors (Lipinski definition) is 5. The molecule has 1 fully saturated rings. The van der Waals surface area contributed by atoms with Crippen LogP contribution in [0.4, 0.5) is 0 Å². The van der Waals surface area contributed by atoms with Crippen molar-refractivity contribution in [3.05, 3.63) is 17.7 Å². The second kappa shape index (κ2) is 7.92. The monoisotopic (exact) mass is 311 g/mol. The van der Waals surface area contributed by atoms with Gasteiger partial charge in [0, 0.05) is 24.1 Å². The second-order valence-electron chi connectivity index (χ2n) is 5.31. The van der Waals surface area contributed by atoms with Gasteiger partial charge in [0.2, 0.25) is 0 Å². The van der Waals surface area contributed by atoms with Crippen LogP contribution in [0.15, 0.2) is 17.0 Å². The summed E-state index contributed by atoms with van der Waals surface area (Å²) in [5.74, 6) is 2.18. The maximum absolute atomic E-state index is 5.46. The number of ether oxygens (including phenoxy) is 3. The molecule has 2 rings (SSSR count). The van der Waals surface area contributed by atoms with Crippen LogP contribution < -0.4 is 14.8 Å². The molecule has 1 aromatic rings. The van der Waals surface area contributed by atoms with Crippen molar-refractivity contribution in [2.45, 2.75) is 30.8 Å². The summed E-state index contributed by atoms with van der Waals surface area (Å²) in [6.45, 7) is 4.83. The number of thioether (sulfide) groups is 1. The van der Waals surface area contributed by atoms with Crippen molar-refractivity contribution in [1.29, 1.82) is 0 Å². The van der Waals surface area contributed by atoms with E-state index in [1.165, 1.54) is 10.5 Å². The van der Waals surface area contributed by atoms with Crippen LogP contribution >= 0.6 is 11.8 Å². The molecule has 1 aromatic carbocycles. The van der Waals surface area contributed by atoms with Gasteiger partial charge >= 0.3 is 0 Å². The smallest absolute Gasteiger partial charge is 0.161 e. The number of benzene rings is 1. The van der Waals surface area contributed by atoms with Crippen LogP contribution in [0.5, 0.6) is 11.5 Å². The van der Waals surface area contributed by atoms with E-state index in [-0.39, 0.29) is 0 Å². The predicted molar refractivity (Wildman–Crippen MR) is 86.6 cm³/mol. The summed E-state index contributed by atoms with van der Waals surface area (Å²) in [6.07, 6.45) is 3.23. The van der Waals surface area contributed by atoms with E-state index in [1.54, 1.807) is 26.0 Å². The molecular weight excluding hydrogens is 286 g/mol. The Hall–Kier alpha value is -0.910. The van der Waals surface area contributed by atoms with Crippen LogP contribution in [-0.2, 0) is 11.3 Å². The predicted octanol–water partition coefficient (Wildman–Crippen LogP) is 2.94. The molecule has 0 aromatic heterocycles. The van der Waals surface area contributed by atoms with Gasteiger partial charge in [-0.15, -0.1) is 11.8 Å². The van der Waals surface area contributed by atoms with Gasteiger partial charge < -0.3 is 19.5 Å². The molecule has 0 aliphatic carbocycles. The first-order valence-electron chi connectivity index (χ1n) is 7.29. The van der Waals surface area contributed by atoms with Crippen LogP contribution in [0.1, 0.15) is 18.9 Å². The number of nitrogens with one attached hydrogen (secondary N) is 1. The minimum absolute atomic E-state index is 0.454. The zero-order valence-electron chi connectivity index (χ0n) is 13.3. The lowest BCUT2D eigenvalue weighted by atomic mass is 10.0. The van der Waals surface area contributed by atoms with Crippen molar-refractivity contribution < 1.29 is 14.2 Å².